The largest absolute Gasteiger partial charge is 0.485 e. The zero-order valence-corrected chi connectivity index (χ0v) is 11.6. The van der Waals surface area contributed by atoms with Crippen LogP contribution in [0, 0.1) is 6.92 Å². The molecular formula is C16H16N2O3. The Hall–Kier alpha value is -2.69. The third-order valence-corrected chi connectivity index (χ3v) is 3.34. The quantitative estimate of drug-likeness (QED) is 0.830. The van der Waals surface area contributed by atoms with Crippen molar-refractivity contribution in [2.75, 3.05) is 17.7 Å². The Kier molecular flexibility index (Phi) is 3.39. The lowest BCUT2D eigenvalue weighted by Crippen LogP contribution is -2.40. The highest BCUT2D eigenvalue weighted by atomic mass is 16.6. The van der Waals surface area contributed by atoms with Crippen molar-refractivity contribution >= 4 is 17.3 Å². The maximum absolute atomic E-state index is 12.2. The fourth-order valence-corrected chi connectivity index (χ4v) is 2.12. The zero-order valence-electron chi connectivity index (χ0n) is 11.6. The fourth-order valence-electron chi connectivity index (χ4n) is 2.12. The molecule has 1 aliphatic heterocycles. The van der Waals surface area contributed by atoms with Gasteiger partial charge in [0.2, 0.25) is 6.10 Å². The van der Waals surface area contributed by atoms with E-state index in [1.165, 1.54) is 0 Å². The number of ether oxygens (including phenoxy) is 2. The number of benzene rings is 2. The molecule has 1 atom stereocenters. The van der Waals surface area contributed by atoms with Crippen molar-refractivity contribution in [1.82, 2.24) is 0 Å². The maximum Gasteiger partial charge on any atom is 0.269 e. The topological polar surface area (TPSA) is 73.6 Å². The average Bonchev–Trinajstić information content (AvgIpc) is 2.50. The Balaban J connectivity index is 1.70. The second-order valence-electron chi connectivity index (χ2n) is 4.92. The molecule has 3 rings (SSSR count). The predicted molar refractivity (Wildman–Crippen MR) is 80.6 cm³/mol. The molecule has 0 fully saturated rings. The van der Waals surface area contributed by atoms with Gasteiger partial charge in [-0.15, -0.1) is 0 Å². The number of para-hydroxylation sites is 2. The molecule has 0 saturated carbocycles. The van der Waals surface area contributed by atoms with Gasteiger partial charge in [-0.2, -0.15) is 0 Å². The number of anilines is 2. The van der Waals surface area contributed by atoms with Crippen LogP contribution in [0.1, 0.15) is 5.56 Å². The lowest BCUT2D eigenvalue weighted by atomic mass is 10.2. The van der Waals surface area contributed by atoms with E-state index in [1.807, 2.05) is 31.2 Å². The zero-order chi connectivity index (χ0) is 14.8. The van der Waals surface area contributed by atoms with Crippen LogP contribution in [0.25, 0.3) is 0 Å². The van der Waals surface area contributed by atoms with Crippen molar-refractivity contribution in [2.45, 2.75) is 13.0 Å². The van der Waals surface area contributed by atoms with Crippen LogP contribution in [0.3, 0.4) is 0 Å². The molecule has 0 aliphatic carbocycles. The van der Waals surface area contributed by atoms with Gasteiger partial charge in [0.1, 0.15) is 6.61 Å². The van der Waals surface area contributed by atoms with E-state index in [4.69, 9.17) is 15.2 Å². The number of carbonyl (C=O) groups is 1. The highest BCUT2D eigenvalue weighted by molar-refractivity contribution is 5.95. The number of nitrogens with one attached hydrogen (secondary N) is 1. The van der Waals surface area contributed by atoms with Gasteiger partial charge in [0, 0.05) is 11.4 Å². The molecule has 5 nitrogen and oxygen atoms in total. The number of nitrogens with two attached hydrogens (primary N) is 1. The number of nitrogen functional groups attached to an aromatic ring is 1. The molecule has 2 aromatic carbocycles. The summed E-state index contributed by atoms with van der Waals surface area (Å²) in [6.07, 6.45) is -0.669. The molecule has 0 radical (unpaired) electrons. The Morgan fingerprint density at radius 1 is 1.24 bits per heavy atom. The molecule has 0 bridgehead atoms. The molecule has 108 valence electrons. The molecule has 1 aliphatic rings. The third-order valence-electron chi connectivity index (χ3n) is 3.34. The van der Waals surface area contributed by atoms with Crippen LogP contribution in [0.5, 0.6) is 11.5 Å². The van der Waals surface area contributed by atoms with E-state index in [-0.39, 0.29) is 12.5 Å². The van der Waals surface area contributed by atoms with Gasteiger partial charge < -0.3 is 20.5 Å². The summed E-state index contributed by atoms with van der Waals surface area (Å²) in [6.45, 7) is 2.08. The minimum atomic E-state index is -0.669. The SMILES string of the molecule is Cc1cc(NC(=O)C2COc3ccccc3O2)ccc1N. The Labute approximate surface area is 122 Å². The van der Waals surface area contributed by atoms with Crippen LogP contribution in [-0.2, 0) is 4.79 Å². The number of hydrogen-bond donors (Lipinski definition) is 2. The van der Waals surface area contributed by atoms with E-state index in [0.717, 1.165) is 5.56 Å². The first-order chi connectivity index (χ1) is 10.1. The molecule has 1 unspecified atom stereocenters. The minimum Gasteiger partial charge on any atom is -0.485 e. The van der Waals surface area contributed by atoms with E-state index in [0.29, 0.717) is 22.9 Å². The smallest absolute Gasteiger partial charge is 0.269 e. The van der Waals surface area contributed by atoms with Crippen molar-refractivity contribution in [3.8, 4) is 11.5 Å². The molecule has 0 saturated heterocycles. The number of fused-ring (bicyclic) bond motifs is 1. The summed E-state index contributed by atoms with van der Waals surface area (Å²) < 4.78 is 11.2. The second kappa shape index (κ2) is 5.36. The van der Waals surface area contributed by atoms with Crippen molar-refractivity contribution < 1.29 is 14.3 Å². The number of aryl methyl sites for hydroxylation is 1. The monoisotopic (exact) mass is 284 g/mol. The van der Waals surface area contributed by atoms with Crippen LogP contribution in [0.2, 0.25) is 0 Å². The van der Waals surface area contributed by atoms with E-state index in [2.05, 4.69) is 5.32 Å². The normalized spacial score (nSPS) is 16.3. The predicted octanol–water partition coefficient (Wildman–Crippen LogP) is 2.36. The molecule has 5 heteroatoms. The molecule has 1 amide bonds. The summed E-state index contributed by atoms with van der Waals surface area (Å²) in [4.78, 5) is 12.2. The number of amides is 1. The molecule has 0 aromatic heterocycles. The minimum absolute atomic E-state index is 0.191. The molecule has 0 spiro atoms. The summed E-state index contributed by atoms with van der Waals surface area (Å²) >= 11 is 0. The van der Waals surface area contributed by atoms with Gasteiger partial charge >= 0.3 is 0 Å². The van der Waals surface area contributed by atoms with Crippen molar-refractivity contribution in [1.29, 1.82) is 0 Å². The van der Waals surface area contributed by atoms with Crippen molar-refractivity contribution in [3.63, 3.8) is 0 Å². The molecule has 1 heterocycles. The number of hydrogen-bond acceptors (Lipinski definition) is 4. The van der Waals surface area contributed by atoms with Gasteiger partial charge in [-0.25, -0.2) is 0 Å². The van der Waals surface area contributed by atoms with E-state index in [9.17, 15) is 4.79 Å². The first kappa shape index (κ1) is 13.3. The Morgan fingerprint density at radius 3 is 2.76 bits per heavy atom. The van der Waals surface area contributed by atoms with Crippen molar-refractivity contribution in [2.24, 2.45) is 0 Å². The lowest BCUT2D eigenvalue weighted by Gasteiger charge is -2.25. The van der Waals surface area contributed by atoms with E-state index in [1.54, 1.807) is 18.2 Å². The van der Waals surface area contributed by atoms with Crippen LogP contribution < -0.4 is 20.5 Å². The molecule has 3 N–H and O–H groups in total. The standard InChI is InChI=1S/C16H16N2O3/c1-10-8-11(6-7-12(10)17)18-16(19)15-9-20-13-4-2-3-5-14(13)21-15/h2-8,15H,9,17H2,1H3,(H,18,19). The summed E-state index contributed by atoms with van der Waals surface area (Å²) in [6, 6.07) is 12.6. The van der Waals surface area contributed by atoms with Gasteiger partial charge in [0.05, 0.1) is 0 Å². The summed E-state index contributed by atoms with van der Waals surface area (Å²) in [5.74, 6) is 0.996. The van der Waals surface area contributed by atoms with Gasteiger partial charge in [-0.05, 0) is 42.8 Å². The summed E-state index contributed by atoms with van der Waals surface area (Å²) in [5.41, 5.74) is 8.06. The average molecular weight is 284 g/mol. The van der Waals surface area contributed by atoms with Gasteiger partial charge in [-0.3, -0.25) is 4.79 Å². The van der Waals surface area contributed by atoms with Crippen LogP contribution >= 0.6 is 0 Å². The Morgan fingerprint density at radius 2 is 2.00 bits per heavy atom. The number of carbonyl (C=O) groups excluding carboxylic acids is 1. The molecular weight excluding hydrogens is 268 g/mol. The van der Waals surface area contributed by atoms with Crippen LogP contribution in [0.4, 0.5) is 11.4 Å². The lowest BCUT2D eigenvalue weighted by molar-refractivity contribution is -0.125. The van der Waals surface area contributed by atoms with Gasteiger partial charge in [0.15, 0.2) is 11.5 Å². The Bertz CT molecular complexity index is 685. The summed E-state index contributed by atoms with van der Waals surface area (Å²) in [5, 5.41) is 2.81. The fraction of sp³-hybridized carbons (Fsp3) is 0.188. The number of rotatable bonds is 2. The molecule has 2 aromatic rings. The second-order valence-corrected chi connectivity index (χ2v) is 4.92. The highest BCUT2D eigenvalue weighted by Gasteiger charge is 2.27. The van der Waals surface area contributed by atoms with Crippen LogP contribution in [0.15, 0.2) is 42.5 Å². The highest BCUT2D eigenvalue weighted by Crippen LogP contribution is 2.31. The maximum atomic E-state index is 12.2. The van der Waals surface area contributed by atoms with E-state index >= 15 is 0 Å². The third kappa shape index (κ3) is 2.76. The van der Waals surface area contributed by atoms with Crippen LogP contribution in [-0.4, -0.2) is 18.6 Å². The van der Waals surface area contributed by atoms with E-state index < -0.39 is 6.10 Å². The first-order valence-corrected chi connectivity index (χ1v) is 6.69. The molecule has 21 heavy (non-hydrogen) atoms. The first-order valence-electron chi connectivity index (χ1n) is 6.69. The van der Waals surface area contributed by atoms with Gasteiger partial charge in [-0.1, -0.05) is 12.1 Å². The summed E-state index contributed by atoms with van der Waals surface area (Å²) in [7, 11) is 0. The van der Waals surface area contributed by atoms with Crippen molar-refractivity contribution in [3.05, 3.63) is 48.0 Å². The van der Waals surface area contributed by atoms with Gasteiger partial charge in [0.25, 0.3) is 5.91 Å².